The molecule has 2 bridgehead atoms. The predicted molar refractivity (Wildman–Crippen MR) is 97.5 cm³/mol. The molecule has 0 aliphatic carbocycles. The molecule has 122 valence electrons. The molecule has 2 aliphatic heterocycles. The van der Waals surface area contributed by atoms with E-state index in [0.717, 1.165) is 11.3 Å². The van der Waals surface area contributed by atoms with E-state index in [0.29, 0.717) is 17.5 Å². The van der Waals surface area contributed by atoms with Gasteiger partial charge >= 0.3 is 0 Å². The molecule has 0 N–H and O–H groups in total. The molecule has 2 aliphatic rings. The largest absolute Gasteiger partial charge is 0.480 e. The van der Waals surface area contributed by atoms with Gasteiger partial charge in [-0.2, -0.15) is 0 Å². The Bertz CT molecular complexity index is 810. The van der Waals surface area contributed by atoms with Crippen LogP contribution in [0.4, 0.5) is 5.69 Å². The first kappa shape index (κ1) is 15.5. The first-order valence-corrected chi connectivity index (χ1v) is 8.97. The van der Waals surface area contributed by atoms with Crippen molar-refractivity contribution in [3.8, 4) is 0 Å². The molecular weight excluding hydrogens is 344 g/mol. The molecule has 6 heteroatoms. The van der Waals surface area contributed by atoms with Crippen molar-refractivity contribution in [3.05, 3.63) is 65.2 Å². The minimum absolute atomic E-state index is 0.000370. The van der Waals surface area contributed by atoms with Crippen LogP contribution in [0.15, 0.2) is 59.6 Å². The number of carbonyl (C=O) groups is 1. The van der Waals surface area contributed by atoms with E-state index in [-0.39, 0.29) is 5.91 Å². The number of amides is 1. The normalized spacial score (nSPS) is 25.1. The Kier molecular flexibility index (Phi) is 3.77. The number of rotatable bonds is 3. The van der Waals surface area contributed by atoms with Crippen molar-refractivity contribution in [1.29, 1.82) is 0 Å². The lowest BCUT2D eigenvalue weighted by atomic mass is 10.1. The number of carbonyl (C=O) groups excluding carboxylic acids is 1. The van der Waals surface area contributed by atoms with Gasteiger partial charge in [-0.3, -0.25) is 9.69 Å². The lowest BCUT2D eigenvalue weighted by molar-refractivity contribution is -0.117. The molecule has 1 saturated heterocycles. The molecule has 0 aromatic heterocycles. The number of halogens is 1. The molecule has 4 nitrogen and oxygen atoms in total. The maximum absolute atomic E-state index is 13.0. The number of benzene rings is 2. The highest BCUT2D eigenvalue weighted by Gasteiger charge is 2.61. The van der Waals surface area contributed by atoms with Crippen LogP contribution in [0, 0.1) is 0 Å². The summed E-state index contributed by atoms with van der Waals surface area (Å²) in [4.78, 5) is 18.7. The van der Waals surface area contributed by atoms with Crippen molar-refractivity contribution in [2.75, 3.05) is 11.5 Å². The molecule has 1 amide bonds. The Labute approximate surface area is 149 Å². The average Bonchev–Trinajstić information content (AvgIpc) is 3.10. The van der Waals surface area contributed by atoms with Gasteiger partial charge in [0.2, 0.25) is 10.9 Å². The summed E-state index contributed by atoms with van der Waals surface area (Å²) in [5.74, 6) is 0.509. The van der Waals surface area contributed by atoms with Crippen molar-refractivity contribution in [2.45, 2.75) is 17.2 Å². The van der Waals surface area contributed by atoms with E-state index in [4.69, 9.17) is 21.3 Å². The standard InChI is InChI=1S/C18H15ClN2O2S/c1-2-23-16-15-17(22)21(14-6-4-3-5-7-14)18(20-16,24-15)12-8-10-13(19)11-9-12/h3-11,15H,2H2,1H3. The molecule has 4 rings (SSSR count). The van der Waals surface area contributed by atoms with E-state index in [1.807, 2.05) is 61.5 Å². The highest BCUT2D eigenvalue weighted by molar-refractivity contribution is 8.03. The van der Waals surface area contributed by atoms with E-state index in [2.05, 4.69) is 0 Å². The summed E-state index contributed by atoms with van der Waals surface area (Å²) in [6.07, 6.45) is 0. The van der Waals surface area contributed by atoms with Crippen molar-refractivity contribution in [1.82, 2.24) is 0 Å². The van der Waals surface area contributed by atoms with Gasteiger partial charge in [0.1, 0.15) is 0 Å². The van der Waals surface area contributed by atoms with Gasteiger partial charge in [-0.05, 0) is 31.2 Å². The Morgan fingerprint density at radius 2 is 1.92 bits per heavy atom. The lowest BCUT2D eigenvalue weighted by Crippen LogP contribution is -2.46. The molecule has 24 heavy (non-hydrogen) atoms. The van der Waals surface area contributed by atoms with Gasteiger partial charge in [0, 0.05) is 16.3 Å². The van der Waals surface area contributed by atoms with Crippen molar-refractivity contribution >= 4 is 40.9 Å². The van der Waals surface area contributed by atoms with Gasteiger partial charge in [-0.1, -0.05) is 53.7 Å². The van der Waals surface area contributed by atoms with E-state index in [1.165, 1.54) is 11.8 Å². The highest BCUT2D eigenvalue weighted by atomic mass is 35.5. The van der Waals surface area contributed by atoms with Crippen LogP contribution in [0.3, 0.4) is 0 Å². The number of para-hydroxylation sites is 1. The molecule has 0 saturated carbocycles. The van der Waals surface area contributed by atoms with Gasteiger partial charge in [0.25, 0.3) is 5.91 Å². The zero-order chi connectivity index (χ0) is 16.7. The number of hydrogen-bond donors (Lipinski definition) is 0. The zero-order valence-electron chi connectivity index (χ0n) is 13.0. The molecule has 1 fully saturated rings. The van der Waals surface area contributed by atoms with E-state index >= 15 is 0 Å². The molecule has 0 spiro atoms. The summed E-state index contributed by atoms with van der Waals surface area (Å²) in [6, 6.07) is 17.1. The van der Waals surface area contributed by atoms with Gasteiger partial charge in [-0.15, -0.1) is 0 Å². The third-order valence-electron chi connectivity index (χ3n) is 4.04. The Hall–Kier alpha value is -1.98. The van der Waals surface area contributed by atoms with Crippen LogP contribution >= 0.6 is 23.4 Å². The fourth-order valence-electron chi connectivity index (χ4n) is 3.04. The number of nitrogens with zero attached hydrogens (tertiary/aromatic N) is 2. The molecule has 2 aromatic rings. The second-order valence-corrected chi connectivity index (χ2v) is 7.22. The number of aliphatic imine (C=N–C) groups is 1. The molecule has 2 atom stereocenters. The smallest absolute Gasteiger partial charge is 0.252 e. The average molecular weight is 359 g/mol. The zero-order valence-corrected chi connectivity index (χ0v) is 14.6. The summed E-state index contributed by atoms with van der Waals surface area (Å²) >= 11 is 7.53. The summed E-state index contributed by atoms with van der Waals surface area (Å²) in [5, 5.41) is 0.250. The summed E-state index contributed by atoms with van der Waals surface area (Å²) in [5.41, 5.74) is 1.73. The Morgan fingerprint density at radius 3 is 2.58 bits per heavy atom. The van der Waals surface area contributed by atoms with E-state index in [9.17, 15) is 4.79 Å². The first-order chi connectivity index (χ1) is 11.7. The molecule has 0 radical (unpaired) electrons. The monoisotopic (exact) mass is 358 g/mol. The summed E-state index contributed by atoms with van der Waals surface area (Å²) < 4.78 is 5.62. The lowest BCUT2D eigenvalue weighted by Gasteiger charge is -2.34. The van der Waals surface area contributed by atoms with Gasteiger partial charge in [0.05, 0.1) is 6.61 Å². The summed E-state index contributed by atoms with van der Waals surface area (Å²) in [6.45, 7) is 2.39. The van der Waals surface area contributed by atoms with Gasteiger partial charge in [0.15, 0.2) is 5.25 Å². The second kappa shape index (κ2) is 5.83. The maximum Gasteiger partial charge on any atom is 0.252 e. The van der Waals surface area contributed by atoms with Crippen LogP contribution in [0.1, 0.15) is 12.5 Å². The van der Waals surface area contributed by atoms with Crippen LogP contribution in [0.2, 0.25) is 5.02 Å². The molecule has 2 aromatic carbocycles. The van der Waals surface area contributed by atoms with Crippen molar-refractivity contribution in [3.63, 3.8) is 0 Å². The SMILES string of the molecule is CCOC1=NC2(c3ccc(Cl)cc3)SC1C(=O)N2c1ccccc1. The fraction of sp³-hybridized carbons (Fsp3) is 0.222. The first-order valence-electron chi connectivity index (χ1n) is 7.71. The minimum atomic E-state index is -0.835. The second-order valence-electron chi connectivity index (χ2n) is 5.51. The Morgan fingerprint density at radius 1 is 1.21 bits per heavy atom. The quantitative estimate of drug-likeness (QED) is 0.831. The fourth-order valence-corrected chi connectivity index (χ4v) is 4.64. The van der Waals surface area contributed by atoms with E-state index in [1.54, 1.807) is 4.90 Å². The van der Waals surface area contributed by atoms with E-state index < -0.39 is 10.2 Å². The topological polar surface area (TPSA) is 41.9 Å². The molecule has 2 heterocycles. The minimum Gasteiger partial charge on any atom is -0.480 e. The van der Waals surface area contributed by atoms with Crippen molar-refractivity contribution < 1.29 is 9.53 Å². The van der Waals surface area contributed by atoms with Crippen LogP contribution in [0.5, 0.6) is 0 Å². The maximum atomic E-state index is 13.0. The molecular formula is C18H15ClN2O2S. The van der Waals surface area contributed by atoms with Crippen molar-refractivity contribution in [2.24, 2.45) is 4.99 Å². The third kappa shape index (κ3) is 2.23. The number of anilines is 1. The Balaban J connectivity index is 1.88. The predicted octanol–water partition coefficient (Wildman–Crippen LogP) is 4.05. The van der Waals surface area contributed by atoms with Crippen LogP contribution in [0.25, 0.3) is 0 Å². The van der Waals surface area contributed by atoms with Crippen LogP contribution in [-0.4, -0.2) is 23.7 Å². The van der Waals surface area contributed by atoms with Gasteiger partial charge < -0.3 is 4.74 Å². The molecule has 2 unspecified atom stereocenters. The number of thioether (sulfide) groups is 1. The summed E-state index contributed by atoms with van der Waals surface area (Å²) in [7, 11) is 0. The number of hydrogen-bond acceptors (Lipinski definition) is 4. The number of ether oxygens (including phenoxy) is 1. The highest BCUT2D eigenvalue weighted by Crippen LogP contribution is 2.56. The van der Waals surface area contributed by atoms with Gasteiger partial charge in [-0.25, -0.2) is 4.99 Å². The van der Waals surface area contributed by atoms with Crippen LogP contribution < -0.4 is 4.90 Å². The third-order valence-corrected chi connectivity index (χ3v) is 5.77. The van der Waals surface area contributed by atoms with Crippen LogP contribution in [-0.2, 0) is 14.5 Å². The number of fused-ring (bicyclic) bond motifs is 2.